The van der Waals surface area contributed by atoms with Gasteiger partial charge in [-0.25, -0.2) is 4.98 Å². The molecule has 3 N–H and O–H groups in total. The van der Waals surface area contributed by atoms with E-state index < -0.39 is 11.7 Å². The number of nitrogens with zero attached hydrogens (tertiary/aromatic N) is 2. The zero-order chi connectivity index (χ0) is 16.8. The predicted molar refractivity (Wildman–Crippen MR) is 79.1 cm³/mol. The second-order valence-corrected chi connectivity index (χ2v) is 5.31. The summed E-state index contributed by atoms with van der Waals surface area (Å²) >= 11 is 5.71. The molecule has 0 unspecified atom stereocenters. The van der Waals surface area contributed by atoms with E-state index in [0.29, 0.717) is 25.2 Å². The molecule has 0 saturated carbocycles. The quantitative estimate of drug-likeness (QED) is 0.475. The Balaban J connectivity index is 2.44. The first-order valence-electron chi connectivity index (χ1n) is 6.59. The Morgan fingerprint density at radius 3 is 2.73 bits per heavy atom. The van der Waals surface area contributed by atoms with E-state index in [9.17, 15) is 13.2 Å². The number of hydrogen-bond donors (Lipinski definition) is 2. The molecule has 0 saturated heterocycles. The number of guanidine groups is 1. The molecule has 0 radical (unpaired) electrons. The van der Waals surface area contributed by atoms with E-state index in [-0.39, 0.29) is 23.5 Å². The van der Waals surface area contributed by atoms with Crippen LogP contribution in [0.5, 0.6) is 5.88 Å². The van der Waals surface area contributed by atoms with Gasteiger partial charge in [0.15, 0.2) is 5.96 Å². The molecule has 1 aromatic rings. The first-order chi connectivity index (χ1) is 10.2. The summed E-state index contributed by atoms with van der Waals surface area (Å²) in [5.41, 5.74) is 4.69. The SMILES string of the molecule is CC(C)CN=C(N)NCCOc1ncc(C(F)(F)F)cc1Cl. The summed E-state index contributed by atoms with van der Waals surface area (Å²) in [6.07, 6.45) is -3.81. The van der Waals surface area contributed by atoms with Crippen molar-refractivity contribution in [3.05, 3.63) is 22.8 Å². The largest absolute Gasteiger partial charge is 0.475 e. The van der Waals surface area contributed by atoms with E-state index in [2.05, 4.69) is 15.3 Å². The molecule has 1 heterocycles. The smallest absolute Gasteiger partial charge is 0.417 e. The minimum Gasteiger partial charge on any atom is -0.475 e. The average Bonchev–Trinajstić information content (AvgIpc) is 2.41. The summed E-state index contributed by atoms with van der Waals surface area (Å²) < 4.78 is 42.5. The van der Waals surface area contributed by atoms with Crippen LogP contribution in [0.4, 0.5) is 13.2 Å². The van der Waals surface area contributed by atoms with Crippen molar-refractivity contribution >= 4 is 17.6 Å². The molecular weight excluding hydrogens is 321 g/mol. The van der Waals surface area contributed by atoms with Gasteiger partial charge in [-0.15, -0.1) is 0 Å². The molecule has 0 spiro atoms. The van der Waals surface area contributed by atoms with E-state index in [0.717, 1.165) is 6.07 Å². The number of aromatic nitrogens is 1. The summed E-state index contributed by atoms with van der Waals surface area (Å²) in [4.78, 5) is 7.64. The zero-order valence-corrected chi connectivity index (χ0v) is 13.0. The van der Waals surface area contributed by atoms with Gasteiger partial charge < -0.3 is 15.8 Å². The normalized spacial score (nSPS) is 12.6. The van der Waals surface area contributed by atoms with E-state index in [1.807, 2.05) is 13.8 Å². The monoisotopic (exact) mass is 338 g/mol. The maximum atomic E-state index is 12.4. The zero-order valence-electron chi connectivity index (χ0n) is 12.2. The van der Waals surface area contributed by atoms with E-state index in [1.54, 1.807) is 0 Å². The third-order valence-corrected chi connectivity index (χ3v) is 2.68. The molecule has 0 aliphatic rings. The van der Waals surface area contributed by atoms with Crippen molar-refractivity contribution in [2.45, 2.75) is 20.0 Å². The molecule has 0 aliphatic heterocycles. The maximum absolute atomic E-state index is 12.4. The Kier molecular flexibility index (Phi) is 6.73. The Morgan fingerprint density at radius 2 is 2.18 bits per heavy atom. The molecule has 9 heteroatoms. The van der Waals surface area contributed by atoms with Crippen molar-refractivity contribution < 1.29 is 17.9 Å². The first-order valence-corrected chi connectivity index (χ1v) is 6.97. The lowest BCUT2D eigenvalue weighted by Crippen LogP contribution is -2.35. The Hall–Kier alpha value is -1.70. The third kappa shape index (κ3) is 6.38. The number of halogens is 4. The van der Waals surface area contributed by atoms with Gasteiger partial charge in [0, 0.05) is 12.7 Å². The van der Waals surface area contributed by atoms with Gasteiger partial charge in [0.1, 0.15) is 11.6 Å². The fourth-order valence-electron chi connectivity index (χ4n) is 1.35. The van der Waals surface area contributed by atoms with Crippen LogP contribution in [0.1, 0.15) is 19.4 Å². The van der Waals surface area contributed by atoms with Crippen molar-refractivity contribution in [2.75, 3.05) is 19.7 Å². The number of nitrogens with one attached hydrogen (secondary N) is 1. The van der Waals surface area contributed by atoms with Crippen LogP contribution in [-0.2, 0) is 6.18 Å². The highest BCUT2D eigenvalue weighted by Gasteiger charge is 2.31. The lowest BCUT2D eigenvalue weighted by molar-refractivity contribution is -0.137. The van der Waals surface area contributed by atoms with E-state index >= 15 is 0 Å². The van der Waals surface area contributed by atoms with Crippen molar-refractivity contribution in [1.29, 1.82) is 0 Å². The fourth-order valence-corrected chi connectivity index (χ4v) is 1.57. The number of nitrogens with two attached hydrogens (primary N) is 1. The lowest BCUT2D eigenvalue weighted by atomic mass is 10.2. The van der Waals surface area contributed by atoms with Crippen LogP contribution in [0.25, 0.3) is 0 Å². The third-order valence-electron chi connectivity index (χ3n) is 2.41. The molecule has 0 fully saturated rings. The number of pyridine rings is 1. The molecule has 1 aromatic heterocycles. The first kappa shape index (κ1) is 18.3. The second kappa shape index (κ2) is 8.07. The van der Waals surface area contributed by atoms with Crippen molar-refractivity contribution in [1.82, 2.24) is 10.3 Å². The van der Waals surface area contributed by atoms with Crippen LogP contribution in [0.15, 0.2) is 17.3 Å². The molecule has 0 bridgehead atoms. The molecular formula is C13H18ClF3N4O. The van der Waals surface area contributed by atoms with Gasteiger partial charge in [-0.2, -0.15) is 13.2 Å². The molecule has 5 nitrogen and oxygen atoms in total. The van der Waals surface area contributed by atoms with Crippen LogP contribution in [-0.4, -0.2) is 30.6 Å². The van der Waals surface area contributed by atoms with Crippen LogP contribution in [0.3, 0.4) is 0 Å². The highest BCUT2D eigenvalue weighted by atomic mass is 35.5. The van der Waals surface area contributed by atoms with Crippen molar-refractivity contribution in [3.8, 4) is 5.88 Å². The van der Waals surface area contributed by atoms with Gasteiger partial charge in [0.2, 0.25) is 5.88 Å². The molecule has 0 aromatic carbocycles. The highest BCUT2D eigenvalue weighted by Crippen LogP contribution is 2.32. The van der Waals surface area contributed by atoms with E-state index in [4.69, 9.17) is 22.1 Å². The van der Waals surface area contributed by atoms with Crippen LogP contribution in [0, 0.1) is 5.92 Å². The van der Waals surface area contributed by atoms with Crippen molar-refractivity contribution in [3.63, 3.8) is 0 Å². The number of alkyl halides is 3. The fraction of sp³-hybridized carbons (Fsp3) is 0.538. The molecule has 0 aliphatic carbocycles. The van der Waals surface area contributed by atoms with Gasteiger partial charge in [-0.1, -0.05) is 25.4 Å². The van der Waals surface area contributed by atoms with Crippen molar-refractivity contribution in [2.24, 2.45) is 16.6 Å². The standard InChI is InChI=1S/C13H18ClF3N4O/c1-8(2)6-21-12(18)19-3-4-22-11-10(14)5-9(7-20-11)13(15,16)17/h5,7-8H,3-4,6H2,1-2H3,(H3,18,19,21). The van der Waals surface area contributed by atoms with Gasteiger partial charge >= 0.3 is 6.18 Å². The van der Waals surface area contributed by atoms with E-state index in [1.165, 1.54) is 0 Å². The Labute approximate surface area is 131 Å². The minimum absolute atomic E-state index is 0.0610. The lowest BCUT2D eigenvalue weighted by Gasteiger charge is -2.11. The van der Waals surface area contributed by atoms with Crippen LogP contribution in [0.2, 0.25) is 5.02 Å². The van der Waals surface area contributed by atoms with Crippen LogP contribution < -0.4 is 15.8 Å². The van der Waals surface area contributed by atoms with Gasteiger partial charge in [0.05, 0.1) is 12.1 Å². The second-order valence-electron chi connectivity index (χ2n) is 4.90. The molecule has 0 atom stereocenters. The maximum Gasteiger partial charge on any atom is 0.417 e. The molecule has 1 rings (SSSR count). The number of hydrogen-bond acceptors (Lipinski definition) is 3. The number of ether oxygens (including phenoxy) is 1. The van der Waals surface area contributed by atoms with Gasteiger partial charge in [0.25, 0.3) is 0 Å². The average molecular weight is 339 g/mol. The molecule has 124 valence electrons. The minimum atomic E-state index is -4.49. The summed E-state index contributed by atoms with van der Waals surface area (Å²) in [7, 11) is 0. The van der Waals surface area contributed by atoms with Gasteiger partial charge in [-0.05, 0) is 12.0 Å². The Bertz CT molecular complexity index is 520. The number of aliphatic imine (C=N–C) groups is 1. The number of rotatable bonds is 6. The van der Waals surface area contributed by atoms with Gasteiger partial charge in [-0.3, -0.25) is 4.99 Å². The Morgan fingerprint density at radius 1 is 1.50 bits per heavy atom. The summed E-state index contributed by atoms with van der Waals surface area (Å²) in [5, 5.41) is 2.62. The summed E-state index contributed by atoms with van der Waals surface area (Å²) in [6, 6.07) is 0.774. The predicted octanol–water partition coefficient (Wildman–Crippen LogP) is 2.69. The topological polar surface area (TPSA) is 72.5 Å². The molecule has 0 amide bonds. The summed E-state index contributed by atoms with van der Waals surface area (Å²) in [6.45, 7) is 5.09. The van der Waals surface area contributed by atoms with Crippen LogP contribution >= 0.6 is 11.6 Å². The summed E-state index contributed by atoms with van der Waals surface area (Å²) in [5.74, 6) is 0.615. The molecule has 22 heavy (non-hydrogen) atoms. The highest BCUT2D eigenvalue weighted by molar-refractivity contribution is 6.31.